The molecule has 1 saturated heterocycles. The summed E-state index contributed by atoms with van der Waals surface area (Å²) in [5, 5.41) is 0. The average molecular weight is 196 g/mol. The third kappa shape index (κ3) is 1.70. The van der Waals surface area contributed by atoms with Gasteiger partial charge in [-0.25, -0.2) is 0 Å². The maximum Gasteiger partial charge on any atom is 0.0149 e. The highest BCUT2D eigenvalue weighted by atomic mass is 15.1. The van der Waals surface area contributed by atoms with E-state index in [9.17, 15) is 0 Å². The molecule has 0 aromatic rings. The Balaban J connectivity index is 2.02. The molecule has 0 bridgehead atoms. The molecule has 2 N–H and O–H groups in total. The van der Waals surface area contributed by atoms with Crippen LogP contribution in [0.5, 0.6) is 0 Å². The highest BCUT2D eigenvalue weighted by Gasteiger charge is 2.45. The highest BCUT2D eigenvalue weighted by Crippen LogP contribution is 2.50. The van der Waals surface area contributed by atoms with E-state index in [0.29, 0.717) is 5.41 Å². The van der Waals surface area contributed by atoms with Gasteiger partial charge in [0.2, 0.25) is 0 Å². The van der Waals surface area contributed by atoms with Gasteiger partial charge in [0.1, 0.15) is 0 Å². The van der Waals surface area contributed by atoms with Crippen molar-refractivity contribution in [3.05, 3.63) is 0 Å². The molecule has 1 aliphatic heterocycles. The minimum atomic E-state index is 0.615. The molecule has 0 amide bonds. The van der Waals surface area contributed by atoms with E-state index in [0.717, 1.165) is 12.6 Å². The van der Waals surface area contributed by atoms with E-state index >= 15 is 0 Å². The molecule has 0 aromatic carbocycles. The Morgan fingerprint density at radius 3 is 2.57 bits per heavy atom. The first-order valence-corrected chi connectivity index (χ1v) is 6.19. The Bertz CT molecular complexity index is 187. The van der Waals surface area contributed by atoms with Crippen LogP contribution in [0.2, 0.25) is 0 Å². The largest absolute Gasteiger partial charge is 0.330 e. The minimum absolute atomic E-state index is 0.615. The first kappa shape index (κ1) is 10.4. The van der Waals surface area contributed by atoms with Gasteiger partial charge >= 0.3 is 0 Å². The van der Waals surface area contributed by atoms with Crippen molar-refractivity contribution < 1.29 is 0 Å². The Hall–Kier alpha value is -0.0800. The Morgan fingerprint density at radius 1 is 1.29 bits per heavy atom. The van der Waals surface area contributed by atoms with Crippen LogP contribution in [0.4, 0.5) is 0 Å². The molecule has 14 heavy (non-hydrogen) atoms. The van der Waals surface area contributed by atoms with E-state index in [4.69, 9.17) is 5.73 Å². The van der Waals surface area contributed by atoms with Crippen LogP contribution in [0.25, 0.3) is 0 Å². The van der Waals surface area contributed by atoms with Crippen molar-refractivity contribution in [3.8, 4) is 0 Å². The van der Waals surface area contributed by atoms with Crippen LogP contribution in [0, 0.1) is 5.41 Å². The molecule has 1 heterocycles. The van der Waals surface area contributed by atoms with Gasteiger partial charge < -0.3 is 10.6 Å². The molecule has 0 spiro atoms. The monoisotopic (exact) mass is 196 g/mol. The smallest absolute Gasteiger partial charge is 0.0149 e. The van der Waals surface area contributed by atoms with Gasteiger partial charge in [0.05, 0.1) is 0 Å². The normalized spacial score (nSPS) is 32.6. The summed E-state index contributed by atoms with van der Waals surface area (Å²) in [6.45, 7) is 2.18. The summed E-state index contributed by atoms with van der Waals surface area (Å²) in [6.07, 6.45) is 9.79. The van der Waals surface area contributed by atoms with Crippen LogP contribution in [0.3, 0.4) is 0 Å². The van der Waals surface area contributed by atoms with Gasteiger partial charge in [-0.15, -0.1) is 0 Å². The predicted molar refractivity (Wildman–Crippen MR) is 60.2 cm³/mol. The average Bonchev–Trinajstić information content (AvgIpc) is 2.13. The fraction of sp³-hybridized carbons (Fsp3) is 1.00. The second kappa shape index (κ2) is 4.19. The van der Waals surface area contributed by atoms with E-state index < -0.39 is 0 Å². The van der Waals surface area contributed by atoms with Crippen molar-refractivity contribution in [2.75, 3.05) is 20.1 Å². The predicted octanol–water partition coefficient (Wildman–Crippen LogP) is 1.99. The van der Waals surface area contributed by atoms with Crippen molar-refractivity contribution >= 4 is 0 Å². The molecule has 82 valence electrons. The zero-order chi connectivity index (χ0) is 10.0. The Labute approximate surface area is 87.8 Å². The quantitative estimate of drug-likeness (QED) is 0.748. The van der Waals surface area contributed by atoms with Crippen LogP contribution in [-0.4, -0.2) is 31.1 Å². The van der Waals surface area contributed by atoms with E-state index in [-0.39, 0.29) is 0 Å². The maximum atomic E-state index is 5.76. The first-order valence-electron chi connectivity index (χ1n) is 6.19. The van der Waals surface area contributed by atoms with E-state index in [1.165, 1.54) is 51.5 Å². The number of likely N-dealkylation sites (tertiary alicyclic amines) is 1. The van der Waals surface area contributed by atoms with Gasteiger partial charge in [0, 0.05) is 6.04 Å². The molecule has 1 unspecified atom stereocenters. The summed E-state index contributed by atoms with van der Waals surface area (Å²) in [7, 11) is 2.31. The molecule has 0 aromatic heterocycles. The van der Waals surface area contributed by atoms with Crippen LogP contribution in [0.1, 0.15) is 44.9 Å². The first-order chi connectivity index (χ1) is 6.78. The lowest BCUT2D eigenvalue weighted by Gasteiger charge is -2.53. The van der Waals surface area contributed by atoms with E-state index in [1.807, 2.05) is 0 Å². The number of hydrogen-bond acceptors (Lipinski definition) is 2. The van der Waals surface area contributed by atoms with Gasteiger partial charge in [0.25, 0.3) is 0 Å². The summed E-state index contributed by atoms with van der Waals surface area (Å²) < 4.78 is 0. The second-order valence-corrected chi connectivity index (χ2v) is 5.25. The van der Waals surface area contributed by atoms with Crippen LogP contribution in [-0.2, 0) is 0 Å². The summed E-state index contributed by atoms with van der Waals surface area (Å²) >= 11 is 0. The molecular formula is C12H24N2. The molecule has 2 heteroatoms. The molecule has 0 radical (unpaired) electrons. The number of piperidine rings is 1. The van der Waals surface area contributed by atoms with Crippen molar-refractivity contribution in [3.63, 3.8) is 0 Å². The lowest BCUT2D eigenvalue weighted by Crippen LogP contribution is -2.52. The van der Waals surface area contributed by atoms with Crippen LogP contribution in [0.15, 0.2) is 0 Å². The number of nitrogens with zero attached hydrogens (tertiary/aromatic N) is 1. The molecule has 2 rings (SSSR count). The minimum Gasteiger partial charge on any atom is -0.330 e. The zero-order valence-corrected chi connectivity index (χ0v) is 9.47. The number of nitrogens with two attached hydrogens (primary N) is 1. The van der Waals surface area contributed by atoms with Gasteiger partial charge in [0.15, 0.2) is 0 Å². The standard InChI is InChI=1S/C12H24N2/c1-14-10-3-2-5-11(14)12(8-9-13)6-4-7-12/h11H,2-10,13H2,1H3. The van der Waals surface area contributed by atoms with Gasteiger partial charge in [-0.2, -0.15) is 0 Å². The summed E-state index contributed by atoms with van der Waals surface area (Å²) in [4.78, 5) is 2.60. The highest BCUT2D eigenvalue weighted by molar-refractivity contribution is 4.98. The molecule has 1 atom stereocenters. The number of hydrogen-bond donors (Lipinski definition) is 1. The molecule has 2 fully saturated rings. The summed E-state index contributed by atoms with van der Waals surface area (Å²) in [5.74, 6) is 0. The third-order valence-corrected chi connectivity index (χ3v) is 4.47. The summed E-state index contributed by atoms with van der Waals surface area (Å²) in [6, 6.07) is 0.841. The lowest BCUT2D eigenvalue weighted by atomic mass is 9.60. The van der Waals surface area contributed by atoms with E-state index in [2.05, 4.69) is 11.9 Å². The van der Waals surface area contributed by atoms with Gasteiger partial charge in [-0.3, -0.25) is 0 Å². The van der Waals surface area contributed by atoms with Crippen molar-refractivity contribution in [1.82, 2.24) is 4.90 Å². The molecule has 1 aliphatic carbocycles. The Morgan fingerprint density at radius 2 is 2.07 bits per heavy atom. The zero-order valence-electron chi connectivity index (χ0n) is 9.47. The van der Waals surface area contributed by atoms with Crippen molar-refractivity contribution in [2.24, 2.45) is 11.1 Å². The summed E-state index contributed by atoms with van der Waals surface area (Å²) in [5.41, 5.74) is 6.37. The molecule has 2 aliphatic rings. The molecular weight excluding hydrogens is 172 g/mol. The maximum absolute atomic E-state index is 5.76. The van der Waals surface area contributed by atoms with E-state index in [1.54, 1.807) is 0 Å². The fourth-order valence-corrected chi connectivity index (χ4v) is 3.52. The van der Waals surface area contributed by atoms with Crippen molar-refractivity contribution in [1.29, 1.82) is 0 Å². The van der Waals surface area contributed by atoms with Crippen molar-refractivity contribution in [2.45, 2.75) is 51.0 Å². The topological polar surface area (TPSA) is 29.3 Å². The SMILES string of the molecule is CN1CCCCC1C1(CCN)CCC1. The Kier molecular flexibility index (Phi) is 3.13. The van der Waals surface area contributed by atoms with Gasteiger partial charge in [-0.05, 0) is 57.7 Å². The third-order valence-electron chi connectivity index (χ3n) is 4.47. The molecule has 1 saturated carbocycles. The fourth-order valence-electron chi connectivity index (χ4n) is 3.52. The molecule has 2 nitrogen and oxygen atoms in total. The number of rotatable bonds is 3. The van der Waals surface area contributed by atoms with Crippen LogP contribution >= 0.6 is 0 Å². The lowest BCUT2D eigenvalue weighted by molar-refractivity contribution is -0.0150. The van der Waals surface area contributed by atoms with Crippen LogP contribution < -0.4 is 5.73 Å². The second-order valence-electron chi connectivity index (χ2n) is 5.25. The van der Waals surface area contributed by atoms with Gasteiger partial charge in [-0.1, -0.05) is 12.8 Å².